The average molecular weight is 334 g/mol. The Kier molecular flexibility index (Phi) is 5.55. The maximum absolute atomic E-state index is 12.6. The fourth-order valence-corrected chi connectivity index (χ4v) is 2.53. The number of carbonyl (C=O) groups is 1. The number of rotatable bonds is 5. The monoisotopic (exact) mass is 333 g/mol. The van der Waals surface area contributed by atoms with Gasteiger partial charge in [0, 0.05) is 17.4 Å². The first-order valence-electron chi connectivity index (χ1n) is 7.40. The van der Waals surface area contributed by atoms with E-state index < -0.39 is 0 Å². The van der Waals surface area contributed by atoms with Gasteiger partial charge in [0.2, 0.25) is 0 Å². The third-order valence-electron chi connectivity index (χ3n) is 3.18. The summed E-state index contributed by atoms with van der Waals surface area (Å²) in [6.45, 7) is 7.41. The van der Waals surface area contributed by atoms with E-state index in [4.69, 9.17) is 16.3 Å². The molecule has 0 aliphatic heterocycles. The number of hydrogen-bond donors (Lipinski definition) is 0. The molecule has 0 bridgehead atoms. The predicted octanol–water partition coefficient (Wildman–Crippen LogP) is 3.57. The second-order valence-electron chi connectivity index (χ2n) is 5.53. The highest BCUT2D eigenvalue weighted by Crippen LogP contribution is 2.27. The molecule has 5 nitrogen and oxygen atoms in total. The van der Waals surface area contributed by atoms with E-state index >= 15 is 0 Å². The van der Waals surface area contributed by atoms with Gasteiger partial charge in [-0.3, -0.25) is 4.79 Å². The first kappa shape index (κ1) is 17.2. The largest absolute Gasteiger partial charge is 0.453 e. The summed E-state index contributed by atoms with van der Waals surface area (Å²) >= 11 is 6.21. The van der Waals surface area contributed by atoms with Gasteiger partial charge in [-0.1, -0.05) is 23.7 Å². The van der Waals surface area contributed by atoms with Crippen LogP contribution in [0.4, 0.5) is 5.69 Å². The number of ether oxygens (including phenoxy) is 1. The lowest BCUT2D eigenvalue weighted by molar-refractivity contribution is -0.121. The zero-order valence-electron chi connectivity index (χ0n) is 13.7. The second kappa shape index (κ2) is 7.42. The van der Waals surface area contributed by atoms with E-state index in [1.165, 1.54) is 0 Å². The highest BCUT2D eigenvalue weighted by Gasteiger charge is 2.22. The molecule has 0 saturated carbocycles. The van der Waals surface area contributed by atoms with Crippen LogP contribution >= 0.6 is 11.6 Å². The van der Waals surface area contributed by atoms with Crippen molar-refractivity contribution in [3.05, 3.63) is 46.7 Å². The normalized spacial score (nSPS) is 10.7. The van der Waals surface area contributed by atoms with Gasteiger partial charge in [-0.25, -0.2) is 9.97 Å². The van der Waals surface area contributed by atoms with Gasteiger partial charge in [0.15, 0.2) is 6.61 Å². The van der Waals surface area contributed by atoms with Crippen LogP contribution in [0.1, 0.15) is 25.2 Å². The Labute approximate surface area is 141 Å². The van der Waals surface area contributed by atoms with Crippen molar-refractivity contribution in [3.63, 3.8) is 0 Å². The molecule has 1 amide bonds. The SMILES string of the molecule is Cc1cc(C)nc(OCC(=O)N(c2ccccc2Cl)C(C)C)n1. The second-order valence-corrected chi connectivity index (χ2v) is 5.94. The third kappa shape index (κ3) is 4.42. The Balaban J connectivity index is 2.15. The Morgan fingerprint density at radius 1 is 1.22 bits per heavy atom. The summed E-state index contributed by atoms with van der Waals surface area (Å²) in [4.78, 5) is 22.5. The van der Waals surface area contributed by atoms with Crippen molar-refractivity contribution < 1.29 is 9.53 Å². The molecule has 0 fully saturated rings. The minimum absolute atomic E-state index is 0.0498. The van der Waals surface area contributed by atoms with Gasteiger partial charge < -0.3 is 9.64 Å². The van der Waals surface area contributed by atoms with Crippen molar-refractivity contribution >= 4 is 23.2 Å². The van der Waals surface area contributed by atoms with Crippen LogP contribution in [0.2, 0.25) is 5.02 Å². The lowest BCUT2D eigenvalue weighted by Gasteiger charge is -2.27. The van der Waals surface area contributed by atoms with E-state index in [1.807, 2.05) is 52.0 Å². The highest BCUT2D eigenvalue weighted by atomic mass is 35.5. The van der Waals surface area contributed by atoms with Crippen molar-refractivity contribution in [3.8, 4) is 6.01 Å². The van der Waals surface area contributed by atoms with Gasteiger partial charge in [0.05, 0.1) is 10.7 Å². The Morgan fingerprint density at radius 2 is 1.83 bits per heavy atom. The van der Waals surface area contributed by atoms with Crippen molar-refractivity contribution in [2.24, 2.45) is 0 Å². The van der Waals surface area contributed by atoms with Crippen LogP contribution in [0, 0.1) is 13.8 Å². The summed E-state index contributed by atoms with van der Waals surface area (Å²) in [6.07, 6.45) is 0. The van der Waals surface area contributed by atoms with Crippen molar-refractivity contribution in [2.45, 2.75) is 33.7 Å². The van der Waals surface area contributed by atoms with Crippen LogP contribution in [0.3, 0.4) is 0 Å². The van der Waals surface area contributed by atoms with Gasteiger partial charge in [-0.05, 0) is 45.9 Å². The standard InChI is InChI=1S/C17H20ClN3O2/c1-11(2)21(15-8-6-5-7-14(15)18)16(22)10-23-17-19-12(3)9-13(4)20-17/h5-9,11H,10H2,1-4H3. The Bertz CT molecular complexity index is 684. The lowest BCUT2D eigenvalue weighted by Crippen LogP contribution is -2.40. The van der Waals surface area contributed by atoms with E-state index in [-0.39, 0.29) is 24.6 Å². The Hall–Kier alpha value is -2.14. The molecular formula is C17H20ClN3O2. The molecule has 0 unspecified atom stereocenters. The highest BCUT2D eigenvalue weighted by molar-refractivity contribution is 6.33. The average Bonchev–Trinajstić information content (AvgIpc) is 2.46. The van der Waals surface area contributed by atoms with E-state index in [9.17, 15) is 4.79 Å². The first-order valence-corrected chi connectivity index (χ1v) is 7.78. The first-order chi connectivity index (χ1) is 10.9. The molecule has 1 aromatic heterocycles. The van der Waals surface area contributed by atoms with Crippen molar-refractivity contribution in [1.82, 2.24) is 9.97 Å². The van der Waals surface area contributed by atoms with Crippen LogP contribution < -0.4 is 9.64 Å². The number of amides is 1. The molecule has 0 spiro atoms. The molecule has 0 aliphatic rings. The summed E-state index contributed by atoms with van der Waals surface area (Å²) in [5, 5.41) is 0.525. The molecule has 0 radical (unpaired) electrons. The topological polar surface area (TPSA) is 55.3 Å². The number of benzene rings is 1. The maximum atomic E-state index is 12.6. The molecule has 1 aromatic carbocycles. The molecule has 2 rings (SSSR count). The number of aromatic nitrogens is 2. The van der Waals surface area contributed by atoms with E-state index in [2.05, 4.69) is 9.97 Å². The third-order valence-corrected chi connectivity index (χ3v) is 3.50. The minimum Gasteiger partial charge on any atom is -0.453 e. The van der Waals surface area contributed by atoms with Gasteiger partial charge in [0.1, 0.15) is 0 Å². The predicted molar refractivity (Wildman–Crippen MR) is 91.1 cm³/mol. The molecule has 2 aromatic rings. The number of nitrogens with zero attached hydrogens (tertiary/aromatic N) is 3. The van der Waals surface area contributed by atoms with E-state index in [0.29, 0.717) is 10.7 Å². The number of anilines is 1. The molecule has 122 valence electrons. The molecule has 1 heterocycles. The molecule has 6 heteroatoms. The summed E-state index contributed by atoms with van der Waals surface area (Å²) in [5.74, 6) is -0.198. The van der Waals surface area contributed by atoms with Gasteiger partial charge in [-0.2, -0.15) is 0 Å². The molecule has 0 atom stereocenters. The number of halogens is 1. The summed E-state index contributed by atoms with van der Waals surface area (Å²) < 4.78 is 5.47. The van der Waals surface area contributed by atoms with E-state index in [1.54, 1.807) is 11.0 Å². The molecular weight excluding hydrogens is 314 g/mol. The van der Waals surface area contributed by atoms with Crippen LogP contribution in [-0.2, 0) is 4.79 Å². The minimum atomic E-state index is -0.198. The number of carbonyl (C=O) groups excluding carboxylic acids is 1. The number of para-hydroxylation sites is 1. The molecule has 0 N–H and O–H groups in total. The fraction of sp³-hybridized carbons (Fsp3) is 0.353. The zero-order chi connectivity index (χ0) is 17.0. The number of aryl methyl sites for hydroxylation is 2. The van der Waals surface area contributed by atoms with Crippen LogP contribution in [-0.4, -0.2) is 28.5 Å². The van der Waals surface area contributed by atoms with E-state index in [0.717, 1.165) is 11.4 Å². The van der Waals surface area contributed by atoms with Crippen LogP contribution in [0.25, 0.3) is 0 Å². The smallest absolute Gasteiger partial charge is 0.317 e. The molecule has 0 saturated heterocycles. The van der Waals surface area contributed by atoms with Crippen LogP contribution in [0.15, 0.2) is 30.3 Å². The summed E-state index contributed by atoms with van der Waals surface area (Å²) in [7, 11) is 0. The molecule has 23 heavy (non-hydrogen) atoms. The lowest BCUT2D eigenvalue weighted by atomic mass is 10.2. The van der Waals surface area contributed by atoms with Crippen molar-refractivity contribution in [2.75, 3.05) is 11.5 Å². The van der Waals surface area contributed by atoms with Gasteiger partial charge >= 0.3 is 6.01 Å². The molecule has 0 aliphatic carbocycles. The Morgan fingerprint density at radius 3 is 2.39 bits per heavy atom. The van der Waals surface area contributed by atoms with Crippen LogP contribution in [0.5, 0.6) is 6.01 Å². The summed E-state index contributed by atoms with van der Waals surface area (Å²) in [6, 6.07) is 9.25. The maximum Gasteiger partial charge on any atom is 0.317 e. The summed E-state index contributed by atoms with van der Waals surface area (Å²) in [5.41, 5.74) is 2.26. The van der Waals surface area contributed by atoms with Gasteiger partial charge in [0.25, 0.3) is 5.91 Å². The quantitative estimate of drug-likeness (QED) is 0.839. The van der Waals surface area contributed by atoms with Gasteiger partial charge in [-0.15, -0.1) is 0 Å². The zero-order valence-corrected chi connectivity index (χ0v) is 14.5. The van der Waals surface area contributed by atoms with Crippen molar-refractivity contribution in [1.29, 1.82) is 0 Å². The number of hydrogen-bond acceptors (Lipinski definition) is 4. The fourth-order valence-electron chi connectivity index (χ4n) is 2.30.